The minimum atomic E-state index is -1.09. The van der Waals surface area contributed by atoms with Crippen molar-refractivity contribution in [1.29, 1.82) is 0 Å². The third kappa shape index (κ3) is 2.36. The number of rotatable bonds is 3. The van der Waals surface area contributed by atoms with Crippen LogP contribution in [0.1, 0.15) is 5.56 Å². The van der Waals surface area contributed by atoms with E-state index in [0.717, 1.165) is 5.56 Å². The Morgan fingerprint density at radius 2 is 2.05 bits per heavy atom. The second-order valence-electron chi connectivity index (χ2n) is 4.86. The number of carbonyl (C=O) groups is 2. The molecule has 0 saturated carbocycles. The van der Waals surface area contributed by atoms with Crippen LogP contribution in [-0.4, -0.2) is 39.1 Å². The van der Waals surface area contributed by atoms with Gasteiger partial charge in [0, 0.05) is 5.75 Å². The van der Waals surface area contributed by atoms with Crippen LogP contribution in [0.5, 0.6) is 0 Å². The van der Waals surface area contributed by atoms with Crippen molar-refractivity contribution in [3.8, 4) is 0 Å². The van der Waals surface area contributed by atoms with E-state index in [2.05, 4.69) is 0 Å². The van der Waals surface area contributed by atoms with E-state index in [-0.39, 0.29) is 17.0 Å². The van der Waals surface area contributed by atoms with E-state index in [4.69, 9.17) is 5.73 Å². The maximum Gasteiger partial charge on any atom is 0.352 e. The van der Waals surface area contributed by atoms with Gasteiger partial charge in [-0.05, 0) is 11.1 Å². The van der Waals surface area contributed by atoms with Gasteiger partial charge in [0.25, 0.3) is 0 Å². The summed E-state index contributed by atoms with van der Waals surface area (Å²) in [5.74, 6) is -0.879. The van der Waals surface area contributed by atoms with Crippen molar-refractivity contribution in [3.05, 3.63) is 53.2 Å². The lowest BCUT2D eigenvalue weighted by atomic mass is 10.0. The third-order valence-electron chi connectivity index (χ3n) is 3.52. The van der Waals surface area contributed by atoms with E-state index in [1.54, 1.807) is 6.08 Å². The topological polar surface area (TPSA) is 83.6 Å². The molecule has 1 aromatic rings. The highest BCUT2D eigenvalue weighted by Crippen LogP contribution is 2.39. The number of hydrogen-bond donors (Lipinski definition) is 2. The van der Waals surface area contributed by atoms with Crippen LogP contribution < -0.4 is 5.73 Å². The minimum Gasteiger partial charge on any atom is -0.477 e. The Morgan fingerprint density at radius 3 is 2.71 bits per heavy atom. The summed E-state index contributed by atoms with van der Waals surface area (Å²) in [5.41, 5.74) is 7.37. The zero-order valence-corrected chi connectivity index (χ0v) is 11.9. The maximum absolute atomic E-state index is 11.8. The number of thioether (sulfide) groups is 1. The molecule has 1 amide bonds. The highest BCUT2D eigenvalue weighted by atomic mass is 32.2. The molecule has 0 aliphatic carbocycles. The molecule has 0 aromatic heterocycles. The van der Waals surface area contributed by atoms with Gasteiger partial charge in [0.05, 0.1) is 0 Å². The predicted octanol–water partition coefficient (Wildman–Crippen LogP) is 1.28. The van der Waals surface area contributed by atoms with E-state index in [0.29, 0.717) is 11.3 Å². The smallest absolute Gasteiger partial charge is 0.352 e. The zero-order valence-electron chi connectivity index (χ0n) is 11.1. The normalized spacial score (nSPS) is 25.0. The van der Waals surface area contributed by atoms with Crippen LogP contribution in [0.3, 0.4) is 0 Å². The fourth-order valence-electron chi connectivity index (χ4n) is 2.43. The SMILES string of the molecule is NC1C(=O)N2C(C(=O)O)=C(C=Cc3ccccc3)CSC12. The number of nitrogens with zero attached hydrogens (tertiary/aromatic N) is 1. The van der Waals surface area contributed by atoms with Gasteiger partial charge in [-0.15, -0.1) is 11.8 Å². The Morgan fingerprint density at radius 1 is 1.33 bits per heavy atom. The van der Waals surface area contributed by atoms with Crippen LogP contribution in [0.4, 0.5) is 0 Å². The molecular weight excluding hydrogens is 288 g/mol. The number of benzene rings is 1. The lowest BCUT2D eigenvalue weighted by molar-refractivity contribution is -0.147. The molecule has 3 N–H and O–H groups in total. The molecule has 1 aromatic carbocycles. The number of nitrogens with two attached hydrogens (primary N) is 1. The molecular formula is C15H14N2O3S. The Balaban J connectivity index is 1.93. The first-order valence-corrected chi connectivity index (χ1v) is 7.54. The van der Waals surface area contributed by atoms with E-state index in [9.17, 15) is 14.7 Å². The Labute approximate surface area is 126 Å². The number of allylic oxidation sites excluding steroid dienone is 1. The fourth-order valence-corrected chi connectivity index (χ4v) is 3.69. The molecule has 0 bridgehead atoms. The van der Waals surface area contributed by atoms with Crippen LogP contribution in [0.25, 0.3) is 6.08 Å². The van der Waals surface area contributed by atoms with Crippen molar-refractivity contribution in [2.24, 2.45) is 5.73 Å². The van der Waals surface area contributed by atoms with Crippen molar-refractivity contribution in [2.75, 3.05) is 5.75 Å². The summed E-state index contributed by atoms with van der Waals surface area (Å²) in [4.78, 5) is 24.6. The van der Waals surface area contributed by atoms with Crippen LogP contribution in [-0.2, 0) is 9.59 Å². The maximum atomic E-state index is 11.8. The molecule has 2 heterocycles. The number of amides is 1. The van der Waals surface area contributed by atoms with Gasteiger partial charge in [-0.2, -0.15) is 0 Å². The molecule has 5 nitrogen and oxygen atoms in total. The number of carboxylic acid groups (broad SMARTS) is 1. The van der Waals surface area contributed by atoms with Gasteiger partial charge in [0.15, 0.2) is 0 Å². The van der Waals surface area contributed by atoms with Crippen LogP contribution >= 0.6 is 11.8 Å². The van der Waals surface area contributed by atoms with Crippen LogP contribution in [0.2, 0.25) is 0 Å². The number of carboxylic acids is 1. The van der Waals surface area contributed by atoms with Crippen molar-refractivity contribution >= 4 is 29.7 Å². The average Bonchev–Trinajstić information content (AvgIpc) is 2.52. The standard InChI is InChI=1S/C15H14N2O3S/c16-11-13(18)17-12(15(19)20)10(8-21-14(11)17)7-6-9-4-2-1-3-5-9/h1-7,11,14H,8,16H2,(H,19,20). The third-order valence-corrected chi connectivity index (χ3v) is 4.84. The first kappa shape index (κ1) is 13.9. The predicted molar refractivity (Wildman–Crippen MR) is 81.2 cm³/mol. The summed E-state index contributed by atoms with van der Waals surface area (Å²) in [6.45, 7) is 0. The Bertz CT molecular complexity index is 654. The van der Waals surface area contributed by atoms with Crippen molar-refractivity contribution in [1.82, 2.24) is 4.90 Å². The second kappa shape index (κ2) is 5.38. The molecule has 2 aliphatic rings. The number of hydrogen-bond acceptors (Lipinski definition) is 4. The minimum absolute atomic E-state index is 0.0534. The molecule has 21 heavy (non-hydrogen) atoms. The summed E-state index contributed by atoms with van der Waals surface area (Å²) in [5, 5.41) is 9.14. The van der Waals surface area contributed by atoms with Gasteiger partial charge < -0.3 is 10.8 Å². The number of fused-ring (bicyclic) bond motifs is 1. The van der Waals surface area contributed by atoms with E-state index < -0.39 is 12.0 Å². The first-order chi connectivity index (χ1) is 10.1. The summed E-state index contributed by atoms with van der Waals surface area (Å²) < 4.78 is 0. The monoisotopic (exact) mass is 302 g/mol. The second-order valence-corrected chi connectivity index (χ2v) is 5.96. The van der Waals surface area contributed by atoms with Gasteiger partial charge in [-0.25, -0.2) is 4.79 Å². The molecule has 1 saturated heterocycles. The molecule has 3 rings (SSSR count). The van der Waals surface area contributed by atoms with Crippen LogP contribution in [0.15, 0.2) is 47.7 Å². The van der Waals surface area contributed by atoms with E-state index >= 15 is 0 Å². The zero-order chi connectivity index (χ0) is 15.0. The van der Waals surface area contributed by atoms with E-state index in [1.807, 2.05) is 36.4 Å². The molecule has 2 atom stereocenters. The molecule has 6 heteroatoms. The highest BCUT2D eigenvalue weighted by molar-refractivity contribution is 8.00. The Kier molecular flexibility index (Phi) is 3.57. The van der Waals surface area contributed by atoms with Gasteiger partial charge in [0.2, 0.25) is 5.91 Å². The van der Waals surface area contributed by atoms with Crippen LogP contribution in [0, 0.1) is 0 Å². The average molecular weight is 302 g/mol. The van der Waals surface area contributed by atoms with Crippen molar-refractivity contribution in [2.45, 2.75) is 11.4 Å². The quantitative estimate of drug-likeness (QED) is 0.822. The summed E-state index contributed by atoms with van der Waals surface area (Å²) in [6.07, 6.45) is 3.61. The van der Waals surface area contributed by atoms with E-state index in [1.165, 1.54) is 16.7 Å². The van der Waals surface area contributed by atoms with Gasteiger partial charge >= 0.3 is 5.97 Å². The lowest BCUT2D eigenvalue weighted by Gasteiger charge is -2.47. The van der Waals surface area contributed by atoms with Crippen molar-refractivity contribution in [3.63, 3.8) is 0 Å². The fraction of sp³-hybridized carbons (Fsp3) is 0.200. The summed E-state index contributed by atoms with van der Waals surface area (Å²) >= 11 is 1.50. The largest absolute Gasteiger partial charge is 0.477 e. The summed E-state index contributed by atoms with van der Waals surface area (Å²) in [6, 6.07) is 9.01. The number of carbonyl (C=O) groups excluding carboxylic acids is 1. The van der Waals surface area contributed by atoms with Gasteiger partial charge in [0.1, 0.15) is 17.1 Å². The summed E-state index contributed by atoms with van der Waals surface area (Å²) in [7, 11) is 0. The number of aliphatic carboxylic acids is 1. The molecule has 2 unspecified atom stereocenters. The first-order valence-electron chi connectivity index (χ1n) is 6.49. The van der Waals surface area contributed by atoms with Gasteiger partial charge in [-0.3, -0.25) is 9.69 Å². The molecule has 0 spiro atoms. The molecule has 0 radical (unpaired) electrons. The molecule has 108 valence electrons. The highest BCUT2D eigenvalue weighted by Gasteiger charge is 2.51. The van der Waals surface area contributed by atoms with Gasteiger partial charge in [-0.1, -0.05) is 42.5 Å². The van der Waals surface area contributed by atoms with Crippen molar-refractivity contribution < 1.29 is 14.7 Å². The number of β-lactam (4-membered cyclic amide) rings is 1. The molecule has 2 aliphatic heterocycles. The molecule has 1 fully saturated rings. The lowest BCUT2D eigenvalue weighted by Crippen LogP contribution is -2.68. The Hall–Kier alpha value is -2.05.